The minimum Gasteiger partial charge on any atom is -0.444 e. The van der Waals surface area contributed by atoms with Crippen LogP contribution in [-0.2, 0) is 4.74 Å². The third kappa shape index (κ3) is 4.27. The fourth-order valence-electron chi connectivity index (χ4n) is 3.00. The van der Waals surface area contributed by atoms with E-state index >= 15 is 0 Å². The summed E-state index contributed by atoms with van der Waals surface area (Å²) < 4.78 is 5.31. The molecule has 0 unspecified atom stereocenters. The molecule has 0 fully saturated rings. The maximum absolute atomic E-state index is 12.0. The zero-order chi connectivity index (χ0) is 20.6. The second kappa shape index (κ2) is 7.05. The van der Waals surface area contributed by atoms with Crippen molar-refractivity contribution in [1.29, 1.82) is 0 Å². The van der Waals surface area contributed by atoms with Gasteiger partial charge in [0.05, 0.1) is 16.7 Å². The number of nitrogens with two attached hydrogens (primary N) is 1. The van der Waals surface area contributed by atoms with Crippen LogP contribution in [0, 0.1) is 6.07 Å². The summed E-state index contributed by atoms with van der Waals surface area (Å²) in [5, 5.41) is 4.57. The highest BCUT2D eigenvalue weighted by Crippen LogP contribution is 2.26. The lowest BCUT2D eigenvalue weighted by atomic mass is 10.1. The van der Waals surface area contributed by atoms with Crippen LogP contribution in [0.2, 0.25) is 0 Å². The first kappa shape index (κ1) is 18.7. The molecule has 0 aliphatic heterocycles. The van der Waals surface area contributed by atoms with Gasteiger partial charge in [-0.25, -0.2) is 9.78 Å². The normalized spacial score (nSPS) is 11.6. The molecule has 2 aromatic carbocycles. The molecule has 0 bridgehead atoms. The average molecular weight is 385 g/mol. The summed E-state index contributed by atoms with van der Waals surface area (Å²) in [5.74, 6) is 0. The summed E-state index contributed by atoms with van der Waals surface area (Å²) >= 11 is 0. The van der Waals surface area contributed by atoms with Crippen LogP contribution in [-0.4, -0.2) is 21.7 Å². The Labute approximate surface area is 168 Å². The molecule has 0 atom stereocenters. The van der Waals surface area contributed by atoms with Gasteiger partial charge in [-0.15, -0.1) is 0 Å². The lowest BCUT2D eigenvalue weighted by molar-refractivity contribution is 0.0636. The van der Waals surface area contributed by atoms with Crippen molar-refractivity contribution in [1.82, 2.24) is 9.97 Å². The van der Waals surface area contributed by atoms with Crippen molar-refractivity contribution in [2.75, 3.05) is 11.1 Å². The Balaban J connectivity index is 1.66. The van der Waals surface area contributed by atoms with Gasteiger partial charge in [-0.1, -0.05) is 0 Å². The van der Waals surface area contributed by atoms with Gasteiger partial charge in [0, 0.05) is 40.0 Å². The molecule has 3 N–H and O–H groups in total. The number of rotatable bonds is 2. The molecule has 0 spiro atoms. The fourth-order valence-corrected chi connectivity index (χ4v) is 3.00. The van der Waals surface area contributed by atoms with E-state index in [0.717, 1.165) is 27.4 Å². The van der Waals surface area contributed by atoms with Gasteiger partial charge in [0.1, 0.15) is 5.60 Å². The van der Waals surface area contributed by atoms with Gasteiger partial charge in [0.25, 0.3) is 0 Å². The van der Waals surface area contributed by atoms with Crippen LogP contribution >= 0.6 is 0 Å². The monoisotopic (exact) mass is 385 g/mol. The molecule has 2 heterocycles. The van der Waals surface area contributed by atoms with E-state index in [1.807, 2.05) is 63.2 Å². The number of carbonyl (C=O) groups is 1. The smallest absolute Gasteiger partial charge is 0.412 e. The SMILES string of the molecule is CC(C)(C)OC(=O)Nc1ccc2ncc(-c3[c]cc4cc(N)ccc4n3)cc2c1. The first-order valence-corrected chi connectivity index (χ1v) is 9.25. The van der Waals surface area contributed by atoms with Crippen LogP contribution in [0.5, 0.6) is 0 Å². The molecule has 6 heteroatoms. The number of carbonyl (C=O) groups excluding carboxylic acids is 1. The second-order valence-corrected chi connectivity index (χ2v) is 7.83. The first-order chi connectivity index (χ1) is 13.8. The minimum absolute atomic E-state index is 0.496. The third-order valence-electron chi connectivity index (χ3n) is 4.25. The standard InChI is InChI=1S/C23H21N4O2/c1-23(2,3)29-22(28)26-18-6-9-19-15(12-18)10-16(13-25-19)21-7-4-14-11-17(24)5-8-20(14)27-21/h4-6,8-13H,24H2,1-3H3,(H,26,28). The van der Waals surface area contributed by atoms with Crippen LogP contribution in [0.3, 0.4) is 0 Å². The van der Waals surface area contributed by atoms with E-state index in [9.17, 15) is 4.79 Å². The molecule has 0 saturated heterocycles. The lowest BCUT2D eigenvalue weighted by Crippen LogP contribution is -2.27. The van der Waals surface area contributed by atoms with Gasteiger partial charge in [-0.3, -0.25) is 10.3 Å². The van der Waals surface area contributed by atoms with Gasteiger partial charge in [-0.2, -0.15) is 0 Å². The average Bonchev–Trinajstić information content (AvgIpc) is 2.65. The third-order valence-corrected chi connectivity index (χ3v) is 4.25. The van der Waals surface area contributed by atoms with Gasteiger partial charge >= 0.3 is 6.09 Å². The number of pyridine rings is 2. The number of anilines is 2. The van der Waals surface area contributed by atoms with E-state index < -0.39 is 11.7 Å². The van der Waals surface area contributed by atoms with Crippen LogP contribution in [0.25, 0.3) is 33.1 Å². The molecule has 4 aromatic rings. The van der Waals surface area contributed by atoms with E-state index in [4.69, 9.17) is 10.5 Å². The molecule has 2 aromatic heterocycles. The van der Waals surface area contributed by atoms with E-state index in [2.05, 4.69) is 21.4 Å². The van der Waals surface area contributed by atoms with Gasteiger partial charge < -0.3 is 10.5 Å². The predicted octanol–water partition coefficient (Wildman–Crippen LogP) is 5.18. The maximum atomic E-state index is 12.0. The lowest BCUT2D eigenvalue weighted by Gasteiger charge is -2.19. The second-order valence-electron chi connectivity index (χ2n) is 7.83. The number of aromatic nitrogens is 2. The number of amides is 1. The molecule has 6 nitrogen and oxygen atoms in total. The van der Waals surface area contributed by atoms with E-state index in [1.165, 1.54) is 0 Å². The fraction of sp³-hybridized carbons (Fsp3) is 0.174. The number of ether oxygens (including phenoxy) is 1. The maximum Gasteiger partial charge on any atom is 0.412 e. The number of benzene rings is 2. The first-order valence-electron chi connectivity index (χ1n) is 9.25. The quantitative estimate of drug-likeness (QED) is 0.464. The van der Waals surface area contributed by atoms with E-state index in [1.54, 1.807) is 12.3 Å². The van der Waals surface area contributed by atoms with Crippen molar-refractivity contribution >= 4 is 39.3 Å². The highest BCUT2D eigenvalue weighted by Gasteiger charge is 2.16. The molecule has 1 amide bonds. The molecule has 29 heavy (non-hydrogen) atoms. The molecule has 0 aliphatic carbocycles. The molecule has 4 rings (SSSR count). The minimum atomic E-state index is -0.558. The van der Waals surface area contributed by atoms with Crippen LogP contribution in [0.15, 0.2) is 54.7 Å². The van der Waals surface area contributed by atoms with Crippen molar-refractivity contribution in [3.63, 3.8) is 0 Å². The van der Waals surface area contributed by atoms with Gasteiger partial charge in [0.2, 0.25) is 0 Å². The van der Waals surface area contributed by atoms with Crippen LogP contribution < -0.4 is 11.1 Å². The van der Waals surface area contributed by atoms with Crippen LogP contribution in [0.1, 0.15) is 20.8 Å². The number of nitrogens with one attached hydrogen (secondary N) is 1. The molecule has 0 aliphatic rings. The van der Waals surface area contributed by atoms with Crippen molar-refractivity contribution in [2.24, 2.45) is 0 Å². The Morgan fingerprint density at radius 1 is 1.07 bits per heavy atom. The molecular formula is C23H21N4O2. The Bertz CT molecular complexity index is 1230. The predicted molar refractivity (Wildman–Crippen MR) is 116 cm³/mol. The summed E-state index contributed by atoms with van der Waals surface area (Å²) in [6.07, 6.45) is 1.27. The molecule has 0 saturated carbocycles. The van der Waals surface area contributed by atoms with Crippen molar-refractivity contribution in [3.8, 4) is 11.3 Å². The number of nitrogen functional groups attached to an aromatic ring is 1. The highest BCUT2D eigenvalue weighted by atomic mass is 16.6. The Morgan fingerprint density at radius 3 is 2.66 bits per heavy atom. The molecule has 1 radical (unpaired) electrons. The summed E-state index contributed by atoms with van der Waals surface area (Å²) in [6.45, 7) is 5.47. The Hall–Kier alpha value is -3.67. The number of hydrogen-bond acceptors (Lipinski definition) is 5. The summed E-state index contributed by atoms with van der Waals surface area (Å²) in [5.41, 5.74) is 9.79. The summed E-state index contributed by atoms with van der Waals surface area (Å²) in [7, 11) is 0. The summed E-state index contributed by atoms with van der Waals surface area (Å²) in [4.78, 5) is 21.2. The van der Waals surface area contributed by atoms with Crippen LogP contribution in [0.4, 0.5) is 16.2 Å². The zero-order valence-corrected chi connectivity index (χ0v) is 16.5. The Morgan fingerprint density at radius 2 is 1.86 bits per heavy atom. The highest BCUT2D eigenvalue weighted by molar-refractivity contribution is 5.91. The van der Waals surface area contributed by atoms with E-state index in [0.29, 0.717) is 17.1 Å². The largest absolute Gasteiger partial charge is 0.444 e. The number of hydrogen-bond donors (Lipinski definition) is 2. The van der Waals surface area contributed by atoms with E-state index in [-0.39, 0.29) is 0 Å². The van der Waals surface area contributed by atoms with Crippen molar-refractivity contribution in [2.45, 2.75) is 26.4 Å². The van der Waals surface area contributed by atoms with Crippen molar-refractivity contribution < 1.29 is 9.53 Å². The Kier molecular flexibility index (Phi) is 4.54. The topological polar surface area (TPSA) is 90.1 Å². The zero-order valence-electron chi connectivity index (χ0n) is 16.5. The number of nitrogens with zero attached hydrogens (tertiary/aromatic N) is 2. The summed E-state index contributed by atoms with van der Waals surface area (Å²) in [6, 6.07) is 18.1. The van der Waals surface area contributed by atoms with Gasteiger partial charge in [-0.05, 0) is 69.3 Å². The molecular weight excluding hydrogens is 364 g/mol. The van der Waals surface area contributed by atoms with Gasteiger partial charge in [0.15, 0.2) is 0 Å². The molecule has 145 valence electrons. The number of fused-ring (bicyclic) bond motifs is 2. The van der Waals surface area contributed by atoms with Crippen molar-refractivity contribution in [3.05, 3.63) is 60.8 Å².